The molecule has 0 saturated heterocycles. The summed E-state index contributed by atoms with van der Waals surface area (Å²) in [5.41, 5.74) is 0.438. The van der Waals surface area contributed by atoms with Crippen LogP contribution in [-0.2, 0) is 4.79 Å². The number of ketones is 1. The van der Waals surface area contributed by atoms with Gasteiger partial charge in [-0.15, -0.1) is 0 Å². The second kappa shape index (κ2) is 8.22. The molecule has 0 aromatic heterocycles. The van der Waals surface area contributed by atoms with Gasteiger partial charge in [0.05, 0.1) is 11.8 Å². The maximum atomic E-state index is 12.1. The second-order valence-corrected chi connectivity index (χ2v) is 6.42. The van der Waals surface area contributed by atoms with Crippen molar-refractivity contribution >= 4 is 5.78 Å². The Morgan fingerprint density at radius 1 is 1.33 bits per heavy atom. The minimum atomic E-state index is -0.272. The molecule has 3 heteroatoms. The molecule has 1 aliphatic rings. The zero-order valence-corrected chi connectivity index (χ0v) is 13.7. The quantitative estimate of drug-likeness (QED) is 0.534. The number of nitriles is 1. The number of aliphatic hydroxyl groups is 1. The van der Waals surface area contributed by atoms with Gasteiger partial charge in [-0.05, 0) is 37.5 Å². The summed E-state index contributed by atoms with van der Waals surface area (Å²) in [7, 11) is 0. The third-order valence-corrected chi connectivity index (χ3v) is 5.49. The van der Waals surface area contributed by atoms with Crippen LogP contribution in [0.2, 0.25) is 0 Å². The average molecular weight is 291 g/mol. The van der Waals surface area contributed by atoms with Crippen molar-refractivity contribution in [1.29, 1.82) is 5.26 Å². The molecule has 0 amide bonds. The Kier molecular flexibility index (Phi) is 6.95. The lowest BCUT2D eigenvalue weighted by Gasteiger charge is -2.39. The summed E-state index contributed by atoms with van der Waals surface area (Å²) < 4.78 is 0. The number of carbonyl (C=O) groups is 1. The fraction of sp³-hybridized carbons (Fsp3) is 0.778. The van der Waals surface area contributed by atoms with Crippen LogP contribution in [0.5, 0.6) is 0 Å². The van der Waals surface area contributed by atoms with Crippen molar-refractivity contribution in [2.45, 2.75) is 72.1 Å². The van der Waals surface area contributed by atoms with Gasteiger partial charge in [0, 0.05) is 24.3 Å². The zero-order valence-electron chi connectivity index (χ0n) is 13.7. The molecule has 0 aliphatic heterocycles. The first-order valence-electron chi connectivity index (χ1n) is 8.33. The minimum Gasteiger partial charge on any atom is -0.512 e. The molecular weight excluding hydrogens is 262 g/mol. The number of allylic oxidation sites excluding steroid dienone is 2. The minimum absolute atomic E-state index is 0.0978. The van der Waals surface area contributed by atoms with E-state index in [1.54, 1.807) is 0 Å². The van der Waals surface area contributed by atoms with Crippen LogP contribution in [0.4, 0.5) is 0 Å². The van der Waals surface area contributed by atoms with Crippen LogP contribution in [0.1, 0.15) is 72.1 Å². The molecule has 0 radical (unpaired) electrons. The number of aliphatic hydroxyl groups excluding tert-OH is 1. The summed E-state index contributed by atoms with van der Waals surface area (Å²) >= 11 is 0. The van der Waals surface area contributed by atoms with Gasteiger partial charge in [0.25, 0.3) is 0 Å². The van der Waals surface area contributed by atoms with E-state index in [9.17, 15) is 9.90 Å². The van der Waals surface area contributed by atoms with Gasteiger partial charge in [-0.3, -0.25) is 4.79 Å². The number of hydrogen-bond donors (Lipinski definition) is 1. The lowest BCUT2D eigenvalue weighted by Crippen LogP contribution is -2.27. The van der Waals surface area contributed by atoms with E-state index in [1.165, 1.54) is 18.9 Å². The maximum absolute atomic E-state index is 12.1. The largest absolute Gasteiger partial charge is 0.512 e. The van der Waals surface area contributed by atoms with Crippen molar-refractivity contribution in [2.24, 2.45) is 17.3 Å². The molecule has 1 aliphatic carbocycles. The molecule has 1 unspecified atom stereocenters. The number of carbonyl (C=O) groups excluding carboxylic acids is 1. The van der Waals surface area contributed by atoms with Crippen molar-refractivity contribution < 1.29 is 9.90 Å². The van der Waals surface area contributed by atoms with Crippen molar-refractivity contribution in [3.05, 3.63) is 11.8 Å². The number of hydrogen-bond acceptors (Lipinski definition) is 3. The average Bonchev–Trinajstić information content (AvgIpc) is 2.52. The molecule has 1 rings (SSSR count). The van der Waals surface area contributed by atoms with E-state index in [0.717, 1.165) is 25.7 Å². The van der Waals surface area contributed by atoms with Gasteiger partial charge in [-0.1, -0.05) is 33.6 Å². The van der Waals surface area contributed by atoms with E-state index >= 15 is 0 Å². The van der Waals surface area contributed by atoms with Crippen LogP contribution in [0, 0.1) is 28.6 Å². The molecule has 1 atom stereocenters. The van der Waals surface area contributed by atoms with Crippen LogP contribution in [0.15, 0.2) is 11.8 Å². The topological polar surface area (TPSA) is 61.1 Å². The van der Waals surface area contributed by atoms with E-state index in [-0.39, 0.29) is 29.8 Å². The third-order valence-electron chi connectivity index (χ3n) is 5.49. The number of nitrogens with zero attached hydrogens (tertiary/aromatic N) is 1. The Labute approximate surface area is 129 Å². The van der Waals surface area contributed by atoms with Crippen molar-refractivity contribution in [2.75, 3.05) is 0 Å². The molecule has 118 valence electrons. The molecule has 0 aromatic rings. The first kappa shape index (κ1) is 17.8. The second-order valence-electron chi connectivity index (χ2n) is 6.42. The SMILES string of the molecule is CCC(CC#N)C(=O)/C=C(\O)C1CCC(CC)(CC)CC1. The van der Waals surface area contributed by atoms with E-state index in [4.69, 9.17) is 5.26 Å². The summed E-state index contributed by atoms with van der Waals surface area (Å²) in [4.78, 5) is 12.1. The van der Waals surface area contributed by atoms with Crippen LogP contribution < -0.4 is 0 Å². The van der Waals surface area contributed by atoms with Crippen molar-refractivity contribution in [3.8, 4) is 6.07 Å². The Bertz CT molecular complexity index is 405. The molecule has 21 heavy (non-hydrogen) atoms. The Morgan fingerprint density at radius 2 is 1.90 bits per heavy atom. The Balaban J connectivity index is 2.64. The molecule has 0 spiro atoms. The summed E-state index contributed by atoms with van der Waals surface area (Å²) in [6.07, 6.45) is 8.85. The van der Waals surface area contributed by atoms with E-state index in [2.05, 4.69) is 13.8 Å². The Morgan fingerprint density at radius 3 is 2.33 bits per heavy atom. The summed E-state index contributed by atoms with van der Waals surface area (Å²) in [6, 6.07) is 2.05. The highest BCUT2D eigenvalue weighted by atomic mass is 16.3. The summed E-state index contributed by atoms with van der Waals surface area (Å²) in [5.74, 6) is -0.0116. The normalized spacial score (nSPS) is 20.8. The monoisotopic (exact) mass is 291 g/mol. The first-order chi connectivity index (χ1) is 10.0. The summed E-state index contributed by atoms with van der Waals surface area (Å²) in [6.45, 7) is 6.40. The van der Waals surface area contributed by atoms with Crippen LogP contribution in [0.3, 0.4) is 0 Å². The van der Waals surface area contributed by atoms with Gasteiger partial charge < -0.3 is 5.11 Å². The molecule has 1 N–H and O–H groups in total. The van der Waals surface area contributed by atoms with Crippen LogP contribution in [-0.4, -0.2) is 10.9 Å². The smallest absolute Gasteiger partial charge is 0.163 e. The molecule has 1 fully saturated rings. The zero-order chi connectivity index (χ0) is 15.9. The van der Waals surface area contributed by atoms with Crippen LogP contribution in [0.25, 0.3) is 0 Å². The highest BCUT2D eigenvalue weighted by molar-refractivity contribution is 5.92. The van der Waals surface area contributed by atoms with Gasteiger partial charge in [0.1, 0.15) is 0 Å². The van der Waals surface area contributed by atoms with Gasteiger partial charge in [-0.2, -0.15) is 5.26 Å². The third kappa shape index (κ3) is 4.59. The highest BCUT2D eigenvalue weighted by Gasteiger charge is 2.33. The predicted molar refractivity (Wildman–Crippen MR) is 84.7 cm³/mol. The van der Waals surface area contributed by atoms with Crippen LogP contribution >= 0.6 is 0 Å². The van der Waals surface area contributed by atoms with Gasteiger partial charge in [-0.25, -0.2) is 0 Å². The fourth-order valence-electron chi connectivity index (χ4n) is 3.42. The van der Waals surface area contributed by atoms with Gasteiger partial charge in [0.2, 0.25) is 0 Å². The lowest BCUT2D eigenvalue weighted by molar-refractivity contribution is -0.118. The van der Waals surface area contributed by atoms with E-state index < -0.39 is 0 Å². The number of rotatable bonds is 7. The molecule has 0 heterocycles. The van der Waals surface area contributed by atoms with Gasteiger partial charge >= 0.3 is 0 Å². The van der Waals surface area contributed by atoms with Gasteiger partial charge in [0.15, 0.2) is 5.78 Å². The van der Waals surface area contributed by atoms with Crippen molar-refractivity contribution in [1.82, 2.24) is 0 Å². The fourth-order valence-corrected chi connectivity index (χ4v) is 3.42. The molecular formula is C18H29NO2. The van der Waals surface area contributed by atoms with E-state index in [1.807, 2.05) is 13.0 Å². The summed E-state index contributed by atoms with van der Waals surface area (Å²) in [5, 5.41) is 19.0. The standard InChI is InChI=1S/C18H29NO2/c1-4-14(9-12-19)16(20)13-17(21)15-7-10-18(5-2,6-3)11-8-15/h13-15,21H,4-11H2,1-3H3/b17-13-. The highest BCUT2D eigenvalue weighted by Crippen LogP contribution is 2.45. The lowest BCUT2D eigenvalue weighted by atomic mass is 9.67. The predicted octanol–water partition coefficient (Wildman–Crippen LogP) is 4.93. The molecule has 0 bridgehead atoms. The van der Waals surface area contributed by atoms with E-state index in [0.29, 0.717) is 11.8 Å². The molecule has 1 saturated carbocycles. The van der Waals surface area contributed by atoms with Crippen molar-refractivity contribution in [3.63, 3.8) is 0 Å². The molecule has 0 aromatic carbocycles. The first-order valence-corrected chi connectivity index (χ1v) is 8.33. The molecule has 3 nitrogen and oxygen atoms in total. The Hall–Kier alpha value is -1.30. The maximum Gasteiger partial charge on any atom is 0.163 e.